The van der Waals surface area contributed by atoms with Crippen LogP contribution in [0.4, 0.5) is 0 Å². The van der Waals surface area contributed by atoms with Crippen molar-refractivity contribution >= 4 is 21.2 Å². The first-order chi connectivity index (χ1) is 11.2. The van der Waals surface area contributed by atoms with Crippen molar-refractivity contribution in [3.05, 3.63) is 42.5 Å². The molecule has 2 aromatic carbocycles. The second-order valence-electron chi connectivity index (χ2n) is 5.45. The Morgan fingerprint density at radius 2 is 1.67 bits per heavy atom. The van der Waals surface area contributed by atoms with Crippen molar-refractivity contribution in [2.45, 2.75) is 26.0 Å². The molecule has 1 atom stereocenters. The summed E-state index contributed by atoms with van der Waals surface area (Å²) in [6.45, 7) is 4.95. The third kappa shape index (κ3) is 8.80. The van der Waals surface area contributed by atoms with Gasteiger partial charge >= 0.3 is 10.4 Å². The van der Waals surface area contributed by atoms with Crippen LogP contribution in [0.1, 0.15) is 13.8 Å². The smallest absolute Gasteiger partial charge is 0.394 e. The lowest BCUT2D eigenvalue weighted by atomic mass is 10.1. The summed E-state index contributed by atoms with van der Waals surface area (Å²) in [4.78, 5) is 0. The molecule has 0 saturated heterocycles. The minimum Gasteiger partial charge on any atom is -0.490 e. The van der Waals surface area contributed by atoms with E-state index in [9.17, 15) is 5.11 Å². The fourth-order valence-corrected chi connectivity index (χ4v) is 1.94. The molecular weight excluding hydrogens is 334 g/mol. The van der Waals surface area contributed by atoms with E-state index in [0.29, 0.717) is 19.2 Å². The Labute approximate surface area is 141 Å². The van der Waals surface area contributed by atoms with Crippen molar-refractivity contribution in [1.29, 1.82) is 0 Å². The third-order valence-electron chi connectivity index (χ3n) is 2.94. The molecule has 7 nitrogen and oxygen atoms in total. The van der Waals surface area contributed by atoms with Crippen LogP contribution >= 0.6 is 0 Å². The van der Waals surface area contributed by atoms with Gasteiger partial charge in [0.2, 0.25) is 0 Å². The molecule has 24 heavy (non-hydrogen) atoms. The minimum atomic E-state index is -4.67. The molecule has 2 rings (SSSR count). The van der Waals surface area contributed by atoms with Crippen LogP contribution < -0.4 is 10.1 Å². The average molecular weight is 357 g/mol. The Morgan fingerprint density at radius 3 is 2.29 bits per heavy atom. The molecule has 0 heterocycles. The maximum absolute atomic E-state index is 9.84. The molecule has 134 valence electrons. The number of ether oxygens (including phenoxy) is 1. The predicted octanol–water partition coefficient (Wildman–Crippen LogP) is 1.92. The highest BCUT2D eigenvalue weighted by Crippen LogP contribution is 2.25. The summed E-state index contributed by atoms with van der Waals surface area (Å²) < 4.78 is 37.3. The van der Waals surface area contributed by atoms with E-state index < -0.39 is 16.5 Å². The molecule has 0 radical (unpaired) electrons. The van der Waals surface area contributed by atoms with Gasteiger partial charge in [-0.2, -0.15) is 8.42 Å². The predicted molar refractivity (Wildman–Crippen MR) is 92.8 cm³/mol. The molecule has 0 aromatic heterocycles. The summed E-state index contributed by atoms with van der Waals surface area (Å²) >= 11 is 0. The Bertz CT molecular complexity index is 719. The quantitative estimate of drug-likeness (QED) is 0.584. The number of aliphatic hydroxyl groups is 1. The van der Waals surface area contributed by atoms with Gasteiger partial charge in [-0.3, -0.25) is 9.11 Å². The number of benzene rings is 2. The van der Waals surface area contributed by atoms with E-state index in [0.717, 1.165) is 16.5 Å². The monoisotopic (exact) mass is 357 g/mol. The normalized spacial score (nSPS) is 12.6. The van der Waals surface area contributed by atoms with E-state index in [1.54, 1.807) is 0 Å². The summed E-state index contributed by atoms with van der Waals surface area (Å²) in [5.41, 5.74) is 0. The Kier molecular flexibility index (Phi) is 8.09. The first-order valence-electron chi connectivity index (χ1n) is 7.38. The van der Waals surface area contributed by atoms with Gasteiger partial charge < -0.3 is 15.2 Å². The van der Waals surface area contributed by atoms with Gasteiger partial charge in [-0.1, -0.05) is 50.2 Å². The van der Waals surface area contributed by atoms with Gasteiger partial charge in [-0.05, 0) is 11.5 Å². The number of hydrogen-bond donors (Lipinski definition) is 4. The van der Waals surface area contributed by atoms with Gasteiger partial charge in [0, 0.05) is 18.0 Å². The highest BCUT2D eigenvalue weighted by Gasteiger charge is 2.07. The molecule has 2 aromatic rings. The van der Waals surface area contributed by atoms with Crippen LogP contribution in [0.3, 0.4) is 0 Å². The Balaban J connectivity index is 0.000000505. The van der Waals surface area contributed by atoms with Crippen molar-refractivity contribution in [3.8, 4) is 5.75 Å². The fraction of sp³-hybridized carbons (Fsp3) is 0.375. The van der Waals surface area contributed by atoms with Crippen LogP contribution in [0.5, 0.6) is 5.75 Å². The lowest BCUT2D eigenvalue weighted by molar-refractivity contribution is 0.105. The van der Waals surface area contributed by atoms with Crippen molar-refractivity contribution in [1.82, 2.24) is 5.32 Å². The van der Waals surface area contributed by atoms with Crippen LogP contribution in [-0.2, 0) is 10.4 Å². The van der Waals surface area contributed by atoms with Crippen LogP contribution in [0.15, 0.2) is 42.5 Å². The number of aliphatic hydroxyl groups excluding tert-OH is 1. The molecule has 0 saturated carbocycles. The van der Waals surface area contributed by atoms with Crippen LogP contribution in [0, 0.1) is 0 Å². The maximum atomic E-state index is 9.84. The number of rotatable bonds is 6. The van der Waals surface area contributed by atoms with Crippen molar-refractivity contribution in [3.63, 3.8) is 0 Å². The van der Waals surface area contributed by atoms with Crippen LogP contribution in [0.2, 0.25) is 0 Å². The lowest BCUT2D eigenvalue weighted by Crippen LogP contribution is -2.35. The molecule has 0 spiro atoms. The Hall–Kier alpha value is -1.71. The average Bonchev–Trinajstić information content (AvgIpc) is 2.49. The number of hydrogen-bond acceptors (Lipinski definition) is 5. The summed E-state index contributed by atoms with van der Waals surface area (Å²) in [5, 5.41) is 15.3. The molecule has 1 unspecified atom stereocenters. The molecule has 0 aliphatic carbocycles. The maximum Gasteiger partial charge on any atom is 0.394 e. The largest absolute Gasteiger partial charge is 0.490 e. The van der Waals surface area contributed by atoms with E-state index in [2.05, 4.69) is 31.3 Å². The van der Waals surface area contributed by atoms with Gasteiger partial charge in [0.1, 0.15) is 18.5 Å². The topological polar surface area (TPSA) is 116 Å². The highest BCUT2D eigenvalue weighted by molar-refractivity contribution is 7.79. The zero-order valence-corrected chi connectivity index (χ0v) is 14.4. The zero-order chi connectivity index (χ0) is 18.2. The SMILES string of the molecule is CC(C)NCC(O)COc1cccc2ccccc12.O=S(=O)(O)O. The highest BCUT2D eigenvalue weighted by atomic mass is 32.3. The molecule has 0 aliphatic rings. The first-order valence-corrected chi connectivity index (χ1v) is 8.78. The van der Waals surface area contributed by atoms with E-state index in [1.807, 2.05) is 30.3 Å². The standard InChI is InChI=1S/C16H21NO2.H2O4S/c1-12(2)17-10-14(18)11-19-16-9-5-7-13-6-3-4-8-15(13)16;1-5(2,3)4/h3-9,12,14,17-18H,10-11H2,1-2H3;(H2,1,2,3,4). The number of nitrogens with one attached hydrogen (secondary N) is 1. The molecule has 8 heteroatoms. The molecule has 0 aliphatic heterocycles. The summed E-state index contributed by atoms with van der Waals surface area (Å²) in [7, 11) is -4.67. The van der Waals surface area contributed by atoms with Crippen molar-refractivity contribution in [2.24, 2.45) is 0 Å². The lowest BCUT2D eigenvalue weighted by Gasteiger charge is -2.15. The Morgan fingerprint density at radius 1 is 1.08 bits per heavy atom. The van der Waals surface area contributed by atoms with Crippen molar-refractivity contribution in [2.75, 3.05) is 13.2 Å². The second kappa shape index (κ2) is 9.55. The molecule has 0 fully saturated rings. The summed E-state index contributed by atoms with van der Waals surface area (Å²) in [6, 6.07) is 14.4. The van der Waals surface area contributed by atoms with Crippen LogP contribution in [-0.4, -0.2) is 47.9 Å². The molecule has 0 bridgehead atoms. The van der Waals surface area contributed by atoms with Gasteiger partial charge in [0.05, 0.1) is 0 Å². The van der Waals surface area contributed by atoms with Gasteiger partial charge in [0.15, 0.2) is 0 Å². The van der Waals surface area contributed by atoms with Crippen molar-refractivity contribution < 1.29 is 27.4 Å². The van der Waals surface area contributed by atoms with E-state index in [1.165, 1.54) is 0 Å². The minimum absolute atomic E-state index is 0.299. The van der Waals surface area contributed by atoms with E-state index >= 15 is 0 Å². The third-order valence-corrected chi connectivity index (χ3v) is 2.94. The van der Waals surface area contributed by atoms with Gasteiger partial charge in [-0.15, -0.1) is 0 Å². The summed E-state index contributed by atoms with van der Waals surface area (Å²) in [6.07, 6.45) is -0.499. The van der Waals surface area contributed by atoms with E-state index in [4.69, 9.17) is 22.3 Å². The summed E-state index contributed by atoms with van der Waals surface area (Å²) in [5.74, 6) is 0.821. The van der Waals surface area contributed by atoms with E-state index in [-0.39, 0.29) is 0 Å². The van der Waals surface area contributed by atoms with Gasteiger partial charge in [0.25, 0.3) is 0 Å². The second-order valence-corrected chi connectivity index (χ2v) is 6.35. The molecular formula is C16H23NO6S. The number of fused-ring (bicyclic) bond motifs is 1. The molecule has 0 amide bonds. The zero-order valence-electron chi connectivity index (χ0n) is 13.6. The fourth-order valence-electron chi connectivity index (χ4n) is 1.94. The van der Waals surface area contributed by atoms with Gasteiger partial charge in [-0.25, -0.2) is 0 Å². The van der Waals surface area contributed by atoms with Crippen LogP contribution in [0.25, 0.3) is 10.8 Å². The first kappa shape index (κ1) is 20.3. The molecule has 4 N–H and O–H groups in total.